The lowest BCUT2D eigenvalue weighted by Crippen LogP contribution is -2.40. The highest BCUT2D eigenvalue weighted by molar-refractivity contribution is 9.10. The lowest BCUT2D eigenvalue weighted by atomic mass is 9.93. The largest absolute Gasteiger partial charge is 0.474 e. The lowest BCUT2D eigenvalue weighted by molar-refractivity contribution is 0.125. The van der Waals surface area contributed by atoms with Gasteiger partial charge in [-0.25, -0.2) is 9.78 Å². The number of amides is 1. The van der Waals surface area contributed by atoms with Gasteiger partial charge in [-0.15, -0.1) is 0 Å². The average molecular weight is 315 g/mol. The van der Waals surface area contributed by atoms with Gasteiger partial charge in [0, 0.05) is 18.5 Å². The van der Waals surface area contributed by atoms with Gasteiger partial charge >= 0.3 is 6.09 Å². The van der Waals surface area contributed by atoms with Crippen LogP contribution in [0.3, 0.4) is 0 Å². The molecule has 0 aliphatic heterocycles. The van der Waals surface area contributed by atoms with Gasteiger partial charge in [0.15, 0.2) is 0 Å². The van der Waals surface area contributed by atoms with E-state index in [2.05, 4.69) is 26.2 Å². The molecule has 2 atom stereocenters. The molecule has 1 fully saturated rings. The van der Waals surface area contributed by atoms with Gasteiger partial charge in [-0.05, 0) is 41.3 Å². The SMILES string of the molecule is O=C(O)N[C@H]1CCC[C@@H](Oc2cccc(Br)n2)C1. The van der Waals surface area contributed by atoms with Crippen molar-refractivity contribution in [3.8, 4) is 5.88 Å². The smallest absolute Gasteiger partial charge is 0.404 e. The van der Waals surface area contributed by atoms with E-state index in [-0.39, 0.29) is 12.1 Å². The molecule has 2 rings (SSSR count). The van der Waals surface area contributed by atoms with Crippen LogP contribution in [0.2, 0.25) is 0 Å². The molecule has 1 aromatic heterocycles. The summed E-state index contributed by atoms with van der Waals surface area (Å²) in [6.07, 6.45) is 2.52. The Hall–Kier alpha value is -1.30. The summed E-state index contributed by atoms with van der Waals surface area (Å²) >= 11 is 3.29. The lowest BCUT2D eigenvalue weighted by Gasteiger charge is -2.29. The van der Waals surface area contributed by atoms with Gasteiger partial charge < -0.3 is 15.2 Å². The predicted octanol–water partition coefficient (Wildman–Crippen LogP) is 2.80. The Morgan fingerprint density at radius 3 is 3.06 bits per heavy atom. The van der Waals surface area contributed by atoms with Crippen LogP contribution in [0.1, 0.15) is 25.7 Å². The molecule has 18 heavy (non-hydrogen) atoms. The van der Waals surface area contributed by atoms with Crippen LogP contribution in [0.15, 0.2) is 22.8 Å². The maximum Gasteiger partial charge on any atom is 0.404 e. The van der Waals surface area contributed by atoms with Gasteiger partial charge in [0.05, 0.1) is 0 Å². The Labute approximate surface area is 114 Å². The van der Waals surface area contributed by atoms with E-state index in [0.29, 0.717) is 12.3 Å². The van der Waals surface area contributed by atoms with Crippen molar-refractivity contribution in [2.75, 3.05) is 0 Å². The van der Waals surface area contributed by atoms with E-state index in [9.17, 15) is 4.79 Å². The number of pyridine rings is 1. The molecule has 1 aliphatic rings. The zero-order valence-electron chi connectivity index (χ0n) is 9.80. The molecule has 0 unspecified atom stereocenters. The second-order valence-corrected chi connectivity index (χ2v) is 5.16. The number of nitrogens with one attached hydrogen (secondary N) is 1. The van der Waals surface area contributed by atoms with E-state index < -0.39 is 6.09 Å². The third-order valence-electron chi connectivity index (χ3n) is 2.93. The first kappa shape index (κ1) is 13.1. The van der Waals surface area contributed by atoms with Crippen LogP contribution < -0.4 is 10.1 Å². The van der Waals surface area contributed by atoms with E-state index in [4.69, 9.17) is 9.84 Å². The summed E-state index contributed by atoms with van der Waals surface area (Å²) < 4.78 is 6.51. The fourth-order valence-corrected chi connectivity index (χ4v) is 2.51. The summed E-state index contributed by atoms with van der Waals surface area (Å²) in [5.74, 6) is 0.574. The van der Waals surface area contributed by atoms with Crippen molar-refractivity contribution in [3.63, 3.8) is 0 Å². The number of ether oxygens (including phenoxy) is 1. The van der Waals surface area contributed by atoms with E-state index in [1.807, 2.05) is 12.1 Å². The van der Waals surface area contributed by atoms with Crippen molar-refractivity contribution in [2.45, 2.75) is 37.8 Å². The molecule has 0 bridgehead atoms. The number of carbonyl (C=O) groups is 1. The Bertz CT molecular complexity index is 428. The van der Waals surface area contributed by atoms with Crippen molar-refractivity contribution in [1.29, 1.82) is 0 Å². The molecule has 6 heteroatoms. The van der Waals surface area contributed by atoms with Crippen LogP contribution in [0.4, 0.5) is 4.79 Å². The fraction of sp³-hybridized carbons (Fsp3) is 0.500. The van der Waals surface area contributed by atoms with E-state index in [1.165, 1.54) is 0 Å². The van der Waals surface area contributed by atoms with Gasteiger partial charge in [0.25, 0.3) is 0 Å². The molecule has 1 heterocycles. The maximum atomic E-state index is 10.6. The zero-order chi connectivity index (χ0) is 13.0. The minimum absolute atomic E-state index is 0.0200. The highest BCUT2D eigenvalue weighted by Crippen LogP contribution is 2.23. The van der Waals surface area contributed by atoms with Gasteiger partial charge in [0.1, 0.15) is 10.7 Å². The Morgan fingerprint density at radius 1 is 1.50 bits per heavy atom. The minimum Gasteiger partial charge on any atom is -0.474 e. The predicted molar refractivity (Wildman–Crippen MR) is 69.8 cm³/mol. The summed E-state index contributed by atoms with van der Waals surface area (Å²) in [7, 11) is 0. The zero-order valence-corrected chi connectivity index (χ0v) is 11.4. The molecule has 1 amide bonds. The van der Waals surface area contributed by atoms with Crippen LogP contribution in [0.5, 0.6) is 5.88 Å². The first-order valence-electron chi connectivity index (χ1n) is 5.92. The van der Waals surface area contributed by atoms with Crippen molar-refractivity contribution in [3.05, 3.63) is 22.8 Å². The number of hydrogen-bond donors (Lipinski definition) is 2. The maximum absolute atomic E-state index is 10.6. The van der Waals surface area contributed by atoms with Gasteiger partial charge in [0.2, 0.25) is 5.88 Å². The van der Waals surface area contributed by atoms with Crippen molar-refractivity contribution in [1.82, 2.24) is 10.3 Å². The van der Waals surface area contributed by atoms with Crippen molar-refractivity contribution >= 4 is 22.0 Å². The van der Waals surface area contributed by atoms with Crippen molar-refractivity contribution < 1.29 is 14.6 Å². The third-order valence-corrected chi connectivity index (χ3v) is 3.37. The Kier molecular flexibility index (Phi) is 4.41. The highest BCUT2D eigenvalue weighted by atomic mass is 79.9. The number of nitrogens with zero attached hydrogens (tertiary/aromatic N) is 1. The summed E-state index contributed by atoms with van der Waals surface area (Å²) in [5, 5.41) is 11.2. The molecule has 0 aromatic carbocycles. The molecule has 0 radical (unpaired) electrons. The second-order valence-electron chi connectivity index (χ2n) is 4.35. The summed E-state index contributed by atoms with van der Waals surface area (Å²) in [6.45, 7) is 0. The van der Waals surface area contributed by atoms with E-state index in [0.717, 1.165) is 23.9 Å². The molecular formula is C12H15BrN2O3. The van der Waals surface area contributed by atoms with Crippen LogP contribution in [0.25, 0.3) is 0 Å². The molecular weight excluding hydrogens is 300 g/mol. The van der Waals surface area contributed by atoms with Crippen LogP contribution in [-0.2, 0) is 0 Å². The van der Waals surface area contributed by atoms with Crippen LogP contribution in [0, 0.1) is 0 Å². The molecule has 5 nitrogen and oxygen atoms in total. The number of rotatable bonds is 3. The number of aromatic nitrogens is 1. The summed E-state index contributed by atoms with van der Waals surface area (Å²) in [5.41, 5.74) is 0. The molecule has 1 aliphatic carbocycles. The van der Waals surface area contributed by atoms with Crippen molar-refractivity contribution in [2.24, 2.45) is 0 Å². The number of carboxylic acid groups (broad SMARTS) is 1. The fourth-order valence-electron chi connectivity index (χ4n) is 2.18. The Balaban J connectivity index is 1.91. The standard InChI is InChI=1S/C12H15BrN2O3/c13-10-5-2-6-11(15-10)18-9-4-1-3-8(7-9)14-12(16)17/h2,5-6,8-9,14H,1,3-4,7H2,(H,16,17)/t8-,9+/m0/s1. The highest BCUT2D eigenvalue weighted by Gasteiger charge is 2.24. The summed E-state index contributed by atoms with van der Waals surface area (Å²) in [4.78, 5) is 14.8. The average Bonchev–Trinajstić information content (AvgIpc) is 2.28. The van der Waals surface area contributed by atoms with E-state index in [1.54, 1.807) is 6.07 Å². The normalized spacial score (nSPS) is 23.4. The van der Waals surface area contributed by atoms with Gasteiger partial charge in [-0.1, -0.05) is 6.07 Å². The topological polar surface area (TPSA) is 71.5 Å². The third kappa shape index (κ3) is 3.87. The number of hydrogen-bond acceptors (Lipinski definition) is 3. The van der Waals surface area contributed by atoms with Gasteiger partial charge in [-0.2, -0.15) is 0 Å². The second kappa shape index (κ2) is 6.04. The van der Waals surface area contributed by atoms with E-state index >= 15 is 0 Å². The molecule has 98 valence electrons. The first-order chi connectivity index (χ1) is 8.63. The van der Waals surface area contributed by atoms with Gasteiger partial charge in [-0.3, -0.25) is 0 Å². The monoisotopic (exact) mass is 314 g/mol. The van der Waals surface area contributed by atoms with Crippen LogP contribution >= 0.6 is 15.9 Å². The summed E-state index contributed by atoms with van der Waals surface area (Å²) in [6, 6.07) is 5.48. The minimum atomic E-state index is -0.971. The molecule has 1 saturated carbocycles. The van der Waals surface area contributed by atoms with Crippen LogP contribution in [-0.4, -0.2) is 28.3 Å². The molecule has 1 aromatic rings. The molecule has 2 N–H and O–H groups in total. The number of halogens is 1. The molecule has 0 spiro atoms. The quantitative estimate of drug-likeness (QED) is 0.842. The Morgan fingerprint density at radius 2 is 2.33 bits per heavy atom. The molecule has 0 saturated heterocycles. The first-order valence-corrected chi connectivity index (χ1v) is 6.71.